The molecular weight excluding hydrogens is 314 g/mol. The molecule has 1 fully saturated rings. The number of morpholine rings is 1. The summed E-state index contributed by atoms with van der Waals surface area (Å²) in [5.41, 5.74) is 4.15. The molecule has 0 atom stereocenters. The van der Waals surface area contributed by atoms with Crippen molar-refractivity contribution in [3.05, 3.63) is 35.5 Å². The van der Waals surface area contributed by atoms with Crippen LogP contribution in [0.15, 0.2) is 24.3 Å². The summed E-state index contributed by atoms with van der Waals surface area (Å²) >= 11 is 0. The first-order chi connectivity index (χ1) is 12.2. The lowest BCUT2D eigenvalue weighted by Crippen LogP contribution is -2.41. The van der Waals surface area contributed by atoms with E-state index in [1.165, 1.54) is 0 Å². The summed E-state index contributed by atoms with van der Waals surface area (Å²) in [6, 6.07) is 8.06. The van der Waals surface area contributed by atoms with E-state index in [-0.39, 0.29) is 5.91 Å². The Kier molecular flexibility index (Phi) is 6.00. The fraction of sp³-hybridized carbons (Fsp3) is 0.500. The predicted octanol–water partition coefficient (Wildman–Crippen LogP) is 3.02. The van der Waals surface area contributed by atoms with Crippen molar-refractivity contribution < 1.29 is 9.53 Å². The average Bonchev–Trinajstić information content (AvgIpc) is 2.63. The van der Waals surface area contributed by atoms with Crippen molar-refractivity contribution >= 4 is 22.5 Å². The van der Waals surface area contributed by atoms with Crippen molar-refractivity contribution in [1.82, 2.24) is 9.88 Å². The molecule has 1 amide bonds. The highest BCUT2D eigenvalue weighted by Crippen LogP contribution is 2.30. The van der Waals surface area contributed by atoms with E-state index in [2.05, 4.69) is 24.1 Å². The van der Waals surface area contributed by atoms with E-state index in [0.29, 0.717) is 19.8 Å². The number of nitrogens with one attached hydrogen (secondary N) is 1. The quantitative estimate of drug-likeness (QED) is 0.877. The summed E-state index contributed by atoms with van der Waals surface area (Å²) in [6.07, 6.45) is 2.83. The molecule has 1 aliphatic rings. The summed E-state index contributed by atoms with van der Waals surface area (Å²) in [5.74, 6) is 0.0374. The number of rotatable bonds is 6. The smallest absolute Gasteiger partial charge is 0.238 e. The van der Waals surface area contributed by atoms with Gasteiger partial charge in [-0.25, -0.2) is 0 Å². The van der Waals surface area contributed by atoms with Gasteiger partial charge in [0.05, 0.1) is 31.0 Å². The van der Waals surface area contributed by atoms with Crippen molar-refractivity contribution in [1.29, 1.82) is 0 Å². The van der Waals surface area contributed by atoms with Gasteiger partial charge < -0.3 is 10.1 Å². The molecule has 1 aromatic heterocycles. The number of carbonyl (C=O) groups excluding carboxylic acids is 1. The van der Waals surface area contributed by atoms with Crippen LogP contribution in [0.4, 0.5) is 5.69 Å². The zero-order valence-corrected chi connectivity index (χ0v) is 15.2. The van der Waals surface area contributed by atoms with Crippen LogP contribution in [0.1, 0.15) is 31.5 Å². The summed E-state index contributed by atoms with van der Waals surface area (Å²) in [6.45, 7) is 7.72. The Morgan fingerprint density at radius 3 is 2.72 bits per heavy atom. The number of aromatic nitrogens is 1. The summed E-state index contributed by atoms with van der Waals surface area (Å²) in [4.78, 5) is 19.6. The average molecular weight is 341 g/mol. The van der Waals surface area contributed by atoms with Gasteiger partial charge in [0.25, 0.3) is 0 Å². The summed E-state index contributed by atoms with van der Waals surface area (Å²) in [7, 11) is 0. The van der Waals surface area contributed by atoms with Crippen LogP contribution in [0.25, 0.3) is 10.9 Å². The van der Waals surface area contributed by atoms with Crippen LogP contribution in [0.2, 0.25) is 0 Å². The van der Waals surface area contributed by atoms with Gasteiger partial charge in [-0.1, -0.05) is 38.5 Å². The van der Waals surface area contributed by atoms with Crippen molar-refractivity contribution in [3.8, 4) is 0 Å². The van der Waals surface area contributed by atoms with Crippen LogP contribution in [0.5, 0.6) is 0 Å². The number of fused-ring (bicyclic) bond motifs is 1. The number of nitrogens with zero attached hydrogens (tertiary/aromatic N) is 2. The van der Waals surface area contributed by atoms with Gasteiger partial charge in [-0.15, -0.1) is 0 Å². The molecule has 5 heteroatoms. The van der Waals surface area contributed by atoms with Crippen molar-refractivity contribution in [2.24, 2.45) is 0 Å². The molecule has 0 spiro atoms. The Balaban J connectivity index is 1.91. The number of para-hydroxylation sites is 1. The van der Waals surface area contributed by atoms with E-state index in [1.807, 2.05) is 24.3 Å². The van der Waals surface area contributed by atoms with Gasteiger partial charge in [0.1, 0.15) is 0 Å². The number of carbonyl (C=O) groups is 1. The van der Waals surface area contributed by atoms with E-state index in [0.717, 1.165) is 60.2 Å². The van der Waals surface area contributed by atoms with Gasteiger partial charge >= 0.3 is 0 Å². The minimum atomic E-state index is 0.0374. The molecule has 2 aromatic rings. The molecule has 3 rings (SSSR count). The van der Waals surface area contributed by atoms with Crippen LogP contribution in [-0.4, -0.2) is 48.6 Å². The van der Waals surface area contributed by atoms with E-state index in [1.54, 1.807) is 0 Å². The maximum absolute atomic E-state index is 12.6. The van der Waals surface area contributed by atoms with Gasteiger partial charge in [0, 0.05) is 24.2 Å². The maximum Gasteiger partial charge on any atom is 0.238 e. The molecule has 1 saturated heterocycles. The molecule has 134 valence electrons. The second-order valence-electron chi connectivity index (χ2n) is 6.47. The number of aryl methyl sites for hydroxylation is 1. The van der Waals surface area contributed by atoms with Gasteiger partial charge in [0.15, 0.2) is 0 Å². The third-order valence-electron chi connectivity index (χ3n) is 4.65. The van der Waals surface area contributed by atoms with Gasteiger partial charge in [-0.05, 0) is 24.5 Å². The van der Waals surface area contributed by atoms with E-state index in [4.69, 9.17) is 9.72 Å². The third-order valence-corrected chi connectivity index (χ3v) is 4.65. The number of ether oxygens (including phenoxy) is 1. The van der Waals surface area contributed by atoms with E-state index >= 15 is 0 Å². The monoisotopic (exact) mass is 341 g/mol. The topological polar surface area (TPSA) is 54.5 Å². The van der Waals surface area contributed by atoms with Crippen LogP contribution in [-0.2, 0) is 22.4 Å². The normalized spacial score (nSPS) is 15.4. The lowest BCUT2D eigenvalue weighted by molar-refractivity contribution is -0.118. The standard InChI is InChI=1S/C20H27N3O2/c1-3-7-17-15(4-2)20(16-8-5-6-9-18(16)21-17)22-19(24)14-23-10-12-25-13-11-23/h5-6,8-9H,3-4,7,10-14H2,1-2H3,(H,21,22,24). The summed E-state index contributed by atoms with van der Waals surface area (Å²) < 4.78 is 5.35. The molecule has 1 aliphatic heterocycles. The minimum absolute atomic E-state index is 0.0374. The van der Waals surface area contributed by atoms with Crippen LogP contribution in [0, 0.1) is 0 Å². The lowest BCUT2D eigenvalue weighted by Gasteiger charge is -2.26. The lowest BCUT2D eigenvalue weighted by atomic mass is 10.0. The Bertz CT molecular complexity index is 739. The number of amides is 1. The van der Waals surface area contributed by atoms with Crippen LogP contribution in [0.3, 0.4) is 0 Å². The van der Waals surface area contributed by atoms with Crippen molar-refractivity contribution in [2.45, 2.75) is 33.1 Å². The van der Waals surface area contributed by atoms with Crippen LogP contribution >= 0.6 is 0 Å². The number of benzene rings is 1. The van der Waals surface area contributed by atoms with Crippen LogP contribution < -0.4 is 5.32 Å². The number of hydrogen-bond donors (Lipinski definition) is 1. The summed E-state index contributed by atoms with van der Waals surface area (Å²) in [5, 5.41) is 4.21. The zero-order chi connectivity index (χ0) is 17.6. The first-order valence-corrected chi connectivity index (χ1v) is 9.23. The number of anilines is 1. The Labute approximate surface area is 149 Å². The Morgan fingerprint density at radius 2 is 2.00 bits per heavy atom. The first kappa shape index (κ1) is 17.8. The second kappa shape index (κ2) is 8.41. The highest BCUT2D eigenvalue weighted by Gasteiger charge is 2.18. The molecule has 1 N–H and O–H groups in total. The molecule has 0 aliphatic carbocycles. The van der Waals surface area contributed by atoms with E-state index < -0.39 is 0 Å². The van der Waals surface area contributed by atoms with Gasteiger partial charge in [-0.2, -0.15) is 0 Å². The SMILES string of the molecule is CCCc1nc2ccccc2c(NC(=O)CN2CCOCC2)c1CC. The maximum atomic E-state index is 12.6. The first-order valence-electron chi connectivity index (χ1n) is 9.23. The Morgan fingerprint density at radius 1 is 1.24 bits per heavy atom. The predicted molar refractivity (Wildman–Crippen MR) is 101 cm³/mol. The minimum Gasteiger partial charge on any atom is -0.379 e. The highest BCUT2D eigenvalue weighted by atomic mass is 16.5. The van der Waals surface area contributed by atoms with Gasteiger partial charge in [0.2, 0.25) is 5.91 Å². The van der Waals surface area contributed by atoms with Gasteiger partial charge in [-0.3, -0.25) is 14.7 Å². The number of pyridine rings is 1. The molecule has 1 aromatic carbocycles. The highest BCUT2D eigenvalue weighted by molar-refractivity contribution is 6.03. The van der Waals surface area contributed by atoms with Crippen molar-refractivity contribution in [2.75, 3.05) is 38.2 Å². The molecule has 0 radical (unpaired) electrons. The molecule has 0 unspecified atom stereocenters. The molecule has 0 saturated carbocycles. The Hall–Kier alpha value is -1.98. The fourth-order valence-corrected chi connectivity index (χ4v) is 3.41. The fourth-order valence-electron chi connectivity index (χ4n) is 3.41. The van der Waals surface area contributed by atoms with Crippen molar-refractivity contribution in [3.63, 3.8) is 0 Å². The molecular formula is C20H27N3O2. The van der Waals surface area contributed by atoms with E-state index in [9.17, 15) is 4.79 Å². The second-order valence-corrected chi connectivity index (χ2v) is 6.47. The largest absolute Gasteiger partial charge is 0.379 e. The third kappa shape index (κ3) is 4.17. The zero-order valence-electron chi connectivity index (χ0n) is 15.2. The molecule has 25 heavy (non-hydrogen) atoms. The number of hydrogen-bond acceptors (Lipinski definition) is 4. The molecule has 0 bridgehead atoms. The molecule has 5 nitrogen and oxygen atoms in total. The molecule has 2 heterocycles.